The molecule has 0 aromatic carbocycles. The molecule has 1 aliphatic heterocycles. The summed E-state index contributed by atoms with van der Waals surface area (Å²) in [6, 6.07) is 0.338. The highest BCUT2D eigenvalue weighted by Gasteiger charge is 2.27. The van der Waals surface area contributed by atoms with Crippen molar-refractivity contribution >= 4 is 11.6 Å². The molecule has 2 heterocycles. The summed E-state index contributed by atoms with van der Waals surface area (Å²) in [6.45, 7) is 12.2. The zero-order valence-electron chi connectivity index (χ0n) is 13.4. The molecular formula is C15H26N4O. The molecule has 0 radical (unpaired) electrons. The van der Waals surface area contributed by atoms with Crippen molar-refractivity contribution < 1.29 is 4.74 Å². The van der Waals surface area contributed by atoms with E-state index in [1.165, 1.54) is 0 Å². The van der Waals surface area contributed by atoms with Gasteiger partial charge in [-0.3, -0.25) is 0 Å². The monoisotopic (exact) mass is 278 g/mol. The van der Waals surface area contributed by atoms with Gasteiger partial charge in [0.15, 0.2) is 0 Å². The van der Waals surface area contributed by atoms with Gasteiger partial charge in [-0.2, -0.15) is 0 Å². The first-order valence-corrected chi connectivity index (χ1v) is 7.38. The van der Waals surface area contributed by atoms with E-state index in [4.69, 9.17) is 9.72 Å². The molecular weight excluding hydrogens is 252 g/mol. The fraction of sp³-hybridized carbons (Fsp3) is 0.733. The van der Waals surface area contributed by atoms with E-state index in [9.17, 15) is 0 Å². The van der Waals surface area contributed by atoms with Gasteiger partial charge in [-0.25, -0.2) is 9.97 Å². The summed E-state index contributed by atoms with van der Waals surface area (Å²) >= 11 is 0. The van der Waals surface area contributed by atoms with Gasteiger partial charge in [0, 0.05) is 25.1 Å². The standard InChI is InChI=1S/C15H26N4O/c1-9(2)13-17-14(16-6)12(5)15(18-13)19-7-11(4)20-8-10(19)3/h9-11H,7-8H2,1-6H3,(H,16,17,18). The molecule has 2 atom stereocenters. The quantitative estimate of drug-likeness (QED) is 0.921. The summed E-state index contributed by atoms with van der Waals surface area (Å²) in [5.74, 6) is 3.16. The van der Waals surface area contributed by atoms with E-state index in [0.717, 1.165) is 36.2 Å². The Morgan fingerprint density at radius 1 is 1.30 bits per heavy atom. The van der Waals surface area contributed by atoms with Crippen LogP contribution in [0.1, 0.15) is 45.0 Å². The highest BCUT2D eigenvalue weighted by atomic mass is 16.5. The molecule has 1 saturated heterocycles. The molecule has 0 amide bonds. The fourth-order valence-corrected chi connectivity index (χ4v) is 2.50. The Balaban J connectivity index is 2.45. The van der Waals surface area contributed by atoms with Crippen molar-refractivity contribution in [1.82, 2.24) is 9.97 Å². The van der Waals surface area contributed by atoms with Gasteiger partial charge in [0.1, 0.15) is 17.5 Å². The molecule has 1 fully saturated rings. The number of ether oxygens (including phenoxy) is 1. The zero-order chi connectivity index (χ0) is 14.9. The fourth-order valence-electron chi connectivity index (χ4n) is 2.50. The van der Waals surface area contributed by atoms with Crippen molar-refractivity contribution in [1.29, 1.82) is 0 Å². The van der Waals surface area contributed by atoms with Crippen LogP contribution in [0.2, 0.25) is 0 Å². The largest absolute Gasteiger partial charge is 0.375 e. The minimum Gasteiger partial charge on any atom is -0.375 e. The van der Waals surface area contributed by atoms with Crippen molar-refractivity contribution in [3.63, 3.8) is 0 Å². The second-order valence-corrected chi connectivity index (χ2v) is 5.93. The molecule has 1 aliphatic rings. The van der Waals surface area contributed by atoms with Crippen LogP contribution in [0, 0.1) is 6.92 Å². The van der Waals surface area contributed by atoms with Gasteiger partial charge in [-0.05, 0) is 20.8 Å². The first-order chi connectivity index (χ1) is 9.43. The smallest absolute Gasteiger partial charge is 0.137 e. The Labute approximate surface area is 121 Å². The molecule has 1 aromatic heterocycles. The van der Waals surface area contributed by atoms with Crippen molar-refractivity contribution in [3.8, 4) is 0 Å². The Morgan fingerprint density at radius 2 is 2.00 bits per heavy atom. The van der Waals surface area contributed by atoms with Crippen LogP contribution in [0.5, 0.6) is 0 Å². The van der Waals surface area contributed by atoms with E-state index in [1.54, 1.807) is 0 Å². The second-order valence-electron chi connectivity index (χ2n) is 5.93. The summed E-state index contributed by atoms with van der Waals surface area (Å²) in [7, 11) is 1.91. The summed E-state index contributed by atoms with van der Waals surface area (Å²) in [5, 5.41) is 3.19. The first kappa shape index (κ1) is 15.0. The van der Waals surface area contributed by atoms with Crippen molar-refractivity contribution in [2.75, 3.05) is 30.4 Å². The third-order valence-electron chi connectivity index (χ3n) is 3.77. The van der Waals surface area contributed by atoms with Gasteiger partial charge in [0.2, 0.25) is 0 Å². The maximum Gasteiger partial charge on any atom is 0.137 e. The van der Waals surface area contributed by atoms with E-state index in [-0.39, 0.29) is 6.10 Å². The molecule has 0 spiro atoms. The molecule has 20 heavy (non-hydrogen) atoms. The molecule has 0 saturated carbocycles. The number of rotatable bonds is 3. The van der Waals surface area contributed by atoms with E-state index in [0.29, 0.717) is 12.0 Å². The van der Waals surface area contributed by atoms with E-state index < -0.39 is 0 Å². The normalized spacial score (nSPS) is 23.2. The van der Waals surface area contributed by atoms with Crippen LogP contribution >= 0.6 is 0 Å². The molecule has 1 aromatic rings. The number of nitrogens with one attached hydrogen (secondary N) is 1. The van der Waals surface area contributed by atoms with Gasteiger partial charge in [-0.15, -0.1) is 0 Å². The van der Waals surface area contributed by atoms with Crippen molar-refractivity contribution in [3.05, 3.63) is 11.4 Å². The number of hydrogen-bond donors (Lipinski definition) is 1. The summed E-state index contributed by atoms with van der Waals surface area (Å²) < 4.78 is 5.72. The van der Waals surface area contributed by atoms with E-state index in [2.05, 4.69) is 49.8 Å². The number of morpholine rings is 1. The molecule has 112 valence electrons. The topological polar surface area (TPSA) is 50.3 Å². The van der Waals surface area contributed by atoms with Gasteiger partial charge in [0.05, 0.1) is 18.8 Å². The SMILES string of the molecule is CNc1nc(C(C)C)nc(N2CC(C)OCC2C)c1C. The lowest BCUT2D eigenvalue weighted by atomic mass is 10.1. The molecule has 0 aliphatic carbocycles. The highest BCUT2D eigenvalue weighted by Crippen LogP contribution is 2.29. The predicted molar refractivity (Wildman–Crippen MR) is 82.6 cm³/mol. The molecule has 5 heteroatoms. The van der Waals surface area contributed by atoms with Crippen LogP contribution in [0.15, 0.2) is 0 Å². The lowest BCUT2D eigenvalue weighted by molar-refractivity contribution is 0.0340. The predicted octanol–water partition coefficient (Wildman–Crippen LogP) is 2.56. The summed E-state index contributed by atoms with van der Waals surface area (Å²) in [4.78, 5) is 11.8. The molecule has 2 unspecified atom stereocenters. The van der Waals surface area contributed by atoms with Crippen LogP contribution in [-0.2, 0) is 4.74 Å². The van der Waals surface area contributed by atoms with Gasteiger partial charge in [-0.1, -0.05) is 13.8 Å². The Bertz CT molecular complexity index is 475. The molecule has 1 N–H and O–H groups in total. The summed E-state index contributed by atoms with van der Waals surface area (Å²) in [5.41, 5.74) is 1.11. The number of nitrogens with zero attached hydrogens (tertiary/aromatic N) is 3. The number of aromatic nitrogens is 2. The third kappa shape index (κ3) is 2.87. The molecule has 0 bridgehead atoms. The van der Waals surface area contributed by atoms with Crippen LogP contribution in [0.25, 0.3) is 0 Å². The van der Waals surface area contributed by atoms with Gasteiger partial charge >= 0.3 is 0 Å². The maximum atomic E-state index is 5.72. The maximum absolute atomic E-state index is 5.72. The van der Waals surface area contributed by atoms with Crippen LogP contribution < -0.4 is 10.2 Å². The lowest BCUT2D eigenvalue weighted by Crippen LogP contribution is -2.48. The lowest BCUT2D eigenvalue weighted by Gasteiger charge is -2.38. The molecule has 5 nitrogen and oxygen atoms in total. The average molecular weight is 278 g/mol. The Hall–Kier alpha value is -1.36. The van der Waals surface area contributed by atoms with Crippen LogP contribution in [0.3, 0.4) is 0 Å². The zero-order valence-corrected chi connectivity index (χ0v) is 13.4. The van der Waals surface area contributed by atoms with Gasteiger partial charge < -0.3 is 15.0 Å². The van der Waals surface area contributed by atoms with E-state index >= 15 is 0 Å². The Morgan fingerprint density at radius 3 is 2.60 bits per heavy atom. The van der Waals surface area contributed by atoms with Crippen molar-refractivity contribution in [2.24, 2.45) is 0 Å². The summed E-state index contributed by atoms with van der Waals surface area (Å²) in [6.07, 6.45) is 0.237. The van der Waals surface area contributed by atoms with E-state index in [1.807, 2.05) is 7.05 Å². The molecule has 2 rings (SSSR count). The minimum absolute atomic E-state index is 0.237. The average Bonchev–Trinajstić information content (AvgIpc) is 2.41. The Kier molecular flexibility index (Phi) is 4.48. The first-order valence-electron chi connectivity index (χ1n) is 7.38. The number of hydrogen-bond acceptors (Lipinski definition) is 5. The minimum atomic E-state index is 0.237. The number of anilines is 2. The second kappa shape index (κ2) is 5.95. The van der Waals surface area contributed by atoms with Crippen molar-refractivity contribution in [2.45, 2.75) is 52.7 Å². The van der Waals surface area contributed by atoms with Gasteiger partial charge in [0.25, 0.3) is 0 Å². The van der Waals surface area contributed by atoms with Crippen LogP contribution in [0.4, 0.5) is 11.6 Å². The third-order valence-corrected chi connectivity index (χ3v) is 3.77. The highest BCUT2D eigenvalue weighted by molar-refractivity contribution is 5.59. The van der Waals surface area contributed by atoms with Crippen LogP contribution in [-0.4, -0.2) is 42.3 Å².